The fraction of sp³-hybridized carbons (Fsp3) is 0.750. The first-order chi connectivity index (χ1) is 6.93. The number of rotatable bonds is 6. The molecule has 0 aliphatic rings. The predicted molar refractivity (Wildman–Crippen MR) is 62.0 cm³/mol. The summed E-state index contributed by atoms with van der Waals surface area (Å²) in [5.74, 6) is -0.293. The zero-order chi connectivity index (χ0) is 12.1. The number of halogens is 1. The molecule has 0 aromatic carbocycles. The summed E-state index contributed by atoms with van der Waals surface area (Å²) in [6, 6.07) is 0.322. The molecule has 0 radical (unpaired) electrons. The van der Waals surface area contributed by atoms with Gasteiger partial charge in [-0.3, -0.25) is 4.84 Å². The number of nitrogens with zero attached hydrogens (tertiary/aromatic N) is 1. The molecule has 0 spiro atoms. The lowest BCUT2D eigenvalue weighted by Crippen LogP contribution is -3.00. The van der Waals surface area contributed by atoms with E-state index >= 15 is 0 Å². The molecule has 0 amide bonds. The molecule has 4 heteroatoms. The van der Waals surface area contributed by atoms with Gasteiger partial charge in [-0.05, 0) is 27.7 Å². The van der Waals surface area contributed by atoms with Crippen molar-refractivity contribution < 1.29 is 26.7 Å². The monoisotopic (exact) mass is 249 g/mol. The van der Waals surface area contributed by atoms with E-state index in [9.17, 15) is 4.79 Å². The summed E-state index contributed by atoms with van der Waals surface area (Å²) < 4.78 is 0.391. The van der Waals surface area contributed by atoms with Gasteiger partial charge in [0, 0.05) is 12.0 Å². The third kappa shape index (κ3) is 4.14. The van der Waals surface area contributed by atoms with Crippen molar-refractivity contribution in [2.24, 2.45) is 0 Å². The maximum absolute atomic E-state index is 11.6. The van der Waals surface area contributed by atoms with E-state index in [0.717, 1.165) is 19.5 Å². The standard InChI is InChI=1S/C12H24NO2.ClH/c1-7-11(6)13(8-2,9-3)15-12(14)10(4)5;/h11H,4,7-9H2,1-3,5-6H3;1H/q+1;/p-1. The van der Waals surface area contributed by atoms with E-state index in [1.54, 1.807) is 6.92 Å². The lowest BCUT2D eigenvalue weighted by molar-refractivity contribution is -1.10. The Morgan fingerprint density at radius 2 is 1.75 bits per heavy atom. The van der Waals surface area contributed by atoms with Crippen molar-refractivity contribution in [2.75, 3.05) is 13.1 Å². The fourth-order valence-corrected chi connectivity index (χ4v) is 1.64. The molecular formula is C12H24ClNO2. The van der Waals surface area contributed by atoms with Crippen molar-refractivity contribution in [3.05, 3.63) is 12.2 Å². The Kier molecular flexibility index (Phi) is 8.57. The van der Waals surface area contributed by atoms with E-state index in [1.165, 1.54) is 0 Å². The number of hydroxylamine groups is 3. The molecule has 0 aliphatic heterocycles. The Morgan fingerprint density at radius 3 is 2.00 bits per heavy atom. The SMILES string of the molecule is C=C(C)C(=O)O[N+](CC)(CC)C(C)CC.[Cl-]. The average molecular weight is 250 g/mol. The highest BCUT2D eigenvalue weighted by Gasteiger charge is 2.35. The smallest absolute Gasteiger partial charge is 0.392 e. The van der Waals surface area contributed by atoms with Crippen LogP contribution < -0.4 is 12.4 Å². The third-order valence-electron chi connectivity index (χ3n) is 3.08. The average Bonchev–Trinajstić information content (AvgIpc) is 2.24. The van der Waals surface area contributed by atoms with Crippen LogP contribution in [0.5, 0.6) is 0 Å². The van der Waals surface area contributed by atoms with Gasteiger partial charge in [0.15, 0.2) is 0 Å². The van der Waals surface area contributed by atoms with E-state index in [4.69, 9.17) is 4.84 Å². The van der Waals surface area contributed by atoms with E-state index in [1.807, 2.05) is 13.8 Å². The second kappa shape index (κ2) is 7.69. The summed E-state index contributed by atoms with van der Waals surface area (Å²) in [5, 5.41) is 0. The lowest BCUT2D eigenvalue weighted by Gasteiger charge is -2.37. The molecule has 0 aromatic heterocycles. The maximum Gasteiger partial charge on any atom is 0.392 e. The van der Waals surface area contributed by atoms with Gasteiger partial charge < -0.3 is 12.4 Å². The van der Waals surface area contributed by atoms with Crippen LogP contribution in [-0.2, 0) is 9.63 Å². The van der Waals surface area contributed by atoms with Crippen LogP contribution in [0.25, 0.3) is 0 Å². The van der Waals surface area contributed by atoms with Crippen LogP contribution in [0.4, 0.5) is 0 Å². The summed E-state index contributed by atoms with van der Waals surface area (Å²) in [5.41, 5.74) is 0.461. The molecule has 96 valence electrons. The van der Waals surface area contributed by atoms with Crippen LogP contribution in [0.2, 0.25) is 0 Å². The molecule has 0 fully saturated rings. The van der Waals surface area contributed by atoms with Gasteiger partial charge in [-0.2, -0.15) is 0 Å². The third-order valence-corrected chi connectivity index (χ3v) is 3.08. The van der Waals surface area contributed by atoms with Gasteiger partial charge in [0.1, 0.15) is 19.1 Å². The molecule has 0 saturated carbocycles. The highest BCUT2D eigenvalue weighted by molar-refractivity contribution is 5.86. The van der Waals surface area contributed by atoms with E-state index in [2.05, 4.69) is 20.4 Å². The van der Waals surface area contributed by atoms with E-state index in [0.29, 0.717) is 16.3 Å². The Hall–Kier alpha value is -0.540. The number of hydrogen-bond donors (Lipinski definition) is 0. The number of carbonyl (C=O) groups excluding carboxylic acids is 1. The van der Waals surface area contributed by atoms with Gasteiger partial charge in [-0.1, -0.05) is 13.5 Å². The van der Waals surface area contributed by atoms with Crippen molar-refractivity contribution in [3.8, 4) is 0 Å². The zero-order valence-electron chi connectivity index (χ0n) is 11.0. The van der Waals surface area contributed by atoms with Crippen LogP contribution in [0.1, 0.15) is 41.0 Å². The molecule has 0 bridgehead atoms. The van der Waals surface area contributed by atoms with Crippen molar-refractivity contribution in [3.63, 3.8) is 0 Å². The molecular weight excluding hydrogens is 226 g/mol. The second-order valence-electron chi connectivity index (χ2n) is 4.00. The summed E-state index contributed by atoms with van der Waals surface area (Å²) in [4.78, 5) is 17.1. The van der Waals surface area contributed by atoms with Crippen LogP contribution >= 0.6 is 0 Å². The summed E-state index contributed by atoms with van der Waals surface area (Å²) in [7, 11) is 0. The second-order valence-corrected chi connectivity index (χ2v) is 4.00. The summed E-state index contributed by atoms with van der Waals surface area (Å²) in [6.07, 6.45) is 0.991. The highest BCUT2D eigenvalue weighted by Crippen LogP contribution is 2.18. The van der Waals surface area contributed by atoms with Crippen LogP contribution in [0, 0.1) is 0 Å². The van der Waals surface area contributed by atoms with Crippen LogP contribution in [0.3, 0.4) is 0 Å². The number of quaternary nitrogens is 1. The first-order valence-corrected chi connectivity index (χ1v) is 5.69. The van der Waals surface area contributed by atoms with Crippen molar-refractivity contribution in [2.45, 2.75) is 47.1 Å². The van der Waals surface area contributed by atoms with Gasteiger partial charge >= 0.3 is 5.97 Å². The minimum atomic E-state index is -0.293. The molecule has 0 rings (SSSR count). The molecule has 0 N–H and O–H groups in total. The van der Waals surface area contributed by atoms with Crippen molar-refractivity contribution >= 4 is 5.97 Å². The lowest BCUT2D eigenvalue weighted by atomic mass is 10.2. The zero-order valence-corrected chi connectivity index (χ0v) is 11.8. The summed E-state index contributed by atoms with van der Waals surface area (Å²) >= 11 is 0. The highest BCUT2D eigenvalue weighted by atomic mass is 35.5. The van der Waals surface area contributed by atoms with Gasteiger partial charge in [0.25, 0.3) is 0 Å². The first kappa shape index (κ1) is 17.8. The predicted octanol–water partition coefficient (Wildman–Crippen LogP) is -0.320. The molecule has 1 unspecified atom stereocenters. The van der Waals surface area contributed by atoms with Gasteiger partial charge in [-0.25, -0.2) is 4.79 Å². The van der Waals surface area contributed by atoms with E-state index in [-0.39, 0.29) is 18.4 Å². The number of hydrogen-bond acceptors (Lipinski definition) is 2. The molecule has 0 aromatic rings. The molecule has 3 nitrogen and oxygen atoms in total. The van der Waals surface area contributed by atoms with E-state index < -0.39 is 0 Å². The molecule has 16 heavy (non-hydrogen) atoms. The summed E-state index contributed by atoms with van der Waals surface area (Å²) in [6.45, 7) is 15.2. The van der Waals surface area contributed by atoms with Crippen LogP contribution in [0.15, 0.2) is 12.2 Å². The van der Waals surface area contributed by atoms with Crippen molar-refractivity contribution in [1.82, 2.24) is 0 Å². The minimum Gasteiger partial charge on any atom is -1.00 e. The molecule has 0 saturated heterocycles. The van der Waals surface area contributed by atoms with Crippen molar-refractivity contribution in [1.29, 1.82) is 0 Å². The van der Waals surface area contributed by atoms with Gasteiger partial charge in [0.2, 0.25) is 0 Å². The quantitative estimate of drug-likeness (QED) is 0.367. The largest absolute Gasteiger partial charge is 1.00 e. The molecule has 0 heterocycles. The molecule has 1 atom stereocenters. The number of carbonyl (C=O) groups is 1. The van der Waals surface area contributed by atoms with Gasteiger partial charge in [-0.15, -0.1) is 4.65 Å². The topological polar surface area (TPSA) is 26.3 Å². The fourth-order valence-electron chi connectivity index (χ4n) is 1.64. The Labute approximate surface area is 105 Å². The Balaban J connectivity index is 0. The van der Waals surface area contributed by atoms with Crippen LogP contribution in [-0.4, -0.2) is 29.7 Å². The maximum atomic E-state index is 11.6. The normalized spacial score (nSPS) is 12.6. The Morgan fingerprint density at radius 1 is 1.31 bits per heavy atom. The molecule has 0 aliphatic carbocycles. The first-order valence-electron chi connectivity index (χ1n) is 5.69. The van der Waals surface area contributed by atoms with Gasteiger partial charge in [0.05, 0.1) is 0 Å². The Bertz CT molecular complexity index is 237. The minimum absolute atomic E-state index is 0.